The van der Waals surface area contributed by atoms with Gasteiger partial charge in [0.05, 0.1) is 6.04 Å². The molecule has 0 aromatic carbocycles. The van der Waals surface area contributed by atoms with Crippen molar-refractivity contribution in [3.05, 3.63) is 23.7 Å². The Bertz CT molecular complexity index is 397. The quantitative estimate of drug-likeness (QED) is 0.819. The molecule has 1 aliphatic carbocycles. The average molecular weight is 264 g/mol. The molecule has 3 heteroatoms. The molecule has 1 aromatic rings. The summed E-state index contributed by atoms with van der Waals surface area (Å²) < 4.78 is 6.07. The third-order valence-corrected chi connectivity index (χ3v) is 4.68. The number of likely N-dealkylation sites (N-methyl/N-ethyl adjacent to an activating group) is 1. The lowest BCUT2D eigenvalue weighted by atomic mass is 10.1. The molecule has 1 heterocycles. The molecule has 2 rings (SSSR count). The highest BCUT2D eigenvalue weighted by atomic mass is 16.3. The Balaban J connectivity index is 2.10. The second-order valence-corrected chi connectivity index (χ2v) is 5.95. The second-order valence-electron chi connectivity index (χ2n) is 5.95. The van der Waals surface area contributed by atoms with E-state index in [0.29, 0.717) is 18.5 Å². The summed E-state index contributed by atoms with van der Waals surface area (Å²) in [5.74, 6) is 3.61. The monoisotopic (exact) mass is 264 g/mol. The summed E-state index contributed by atoms with van der Waals surface area (Å²) in [4.78, 5) is 2.37. The molecule has 1 aliphatic rings. The van der Waals surface area contributed by atoms with Gasteiger partial charge in [-0.1, -0.05) is 20.8 Å². The van der Waals surface area contributed by atoms with Gasteiger partial charge in [0.2, 0.25) is 0 Å². The Morgan fingerprint density at radius 3 is 2.47 bits per heavy atom. The molecule has 0 spiro atoms. The number of nitrogens with zero attached hydrogens (tertiary/aromatic N) is 1. The molecule has 19 heavy (non-hydrogen) atoms. The fraction of sp³-hybridized carbons (Fsp3) is 0.750. The van der Waals surface area contributed by atoms with Crippen molar-refractivity contribution in [2.45, 2.75) is 58.0 Å². The normalized spacial score (nSPS) is 24.2. The van der Waals surface area contributed by atoms with Crippen LogP contribution in [0.3, 0.4) is 0 Å². The van der Waals surface area contributed by atoms with Gasteiger partial charge in [0.25, 0.3) is 0 Å². The molecule has 1 saturated carbocycles. The first-order chi connectivity index (χ1) is 9.12. The lowest BCUT2D eigenvalue weighted by Crippen LogP contribution is -2.37. The molecule has 2 N–H and O–H groups in total. The highest BCUT2D eigenvalue weighted by molar-refractivity contribution is 5.19. The van der Waals surface area contributed by atoms with Gasteiger partial charge >= 0.3 is 0 Å². The highest BCUT2D eigenvalue weighted by Crippen LogP contribution is 2.47. The number of hydrogen-bond donors (Lipinski definition) is 1. The minimum absolute atomic E-state index is 0.202. The molecule has 0 radical (unpaired) electrons. The maximum Gasteiger partial charge on any atom is 0.122 e. The fourth-order valence-corrected chi connectivity index (χ4v) is 3.07. The van der Waals surface area contributed by atoms with Gasteiger partial charge < -0.3 is 10.2 Å². The Kier molecular flexibility index (Phi) is 4.69. The van der Waals surface area contributed by atoms with Crippen LogP contribution in [0.5, 0.6) is 0 Å². The van der Waals surface area contributed by atoms with E-state index in [1.807, 2.05) is 0 Å². The summed E-state index contributed by atoms with van der Waals surface area (Å²) in [5.41, 5.74) is 5.98. The molecular weight excluding hydrogens is 236 g/mol. The standard InChI is InChI=1S/C16H28N2O/c1-5-12(6-2)18(4)14(10-17)16-8-7-15(19-16)13-9-11(13)3/h7-8,11-14H,5-6,9-10,17H2,1-4H3. The first-order valence-corrected chi connectivity index (χ1v) is 7.63. The summed E-state index contributed by atoms with van der Waals surface area (Å²) in [7, 11) is 2.16. The smallest absolute Gasteiger partial charge is 0.122 e. The second kappa shape index (κ2) is 6.10. The van der Waals surface area contributed by atoms with Crippen LogP contribution < -0.4 is 5.73 Å². The van der Waals surface area contributed by atoms with Crippen LogP contribution in [0.1, 0.15) is 63.5 Å². The number of furan rings is 1. The van der Waals surface area contributed by atoms with E-state index in [1.165, 1.54) is 6.42 Å². The Morgan fingerprint density at radius 2 is 2.00 bits per heavy atom. The van der Waals surface area contributed by atoms with Gasteiger partial charge in [-0.25, -0.2) is 0 Å². The summed E-state index contributed by atoms with van der Waals surface area (Å²) in [6.45, 7) is 7.36. The van der Waals surface area contributed by atoms with Gasteiger partial charge in [0, 0.05) is 18.5 Å². The van der Waals surface area contributed by atoms with Crippen molar-refractivity contribution in [3.8, 4) is 0 Å². The largest absolute Gasteiger partial charge is 0.464 e. The summed E-state index contributed by atoms with van der Waals surface area (Å²) in [6.07, 6.45) is 3.57. The third-order valence-electron chi connectivity index (χ3n) is 4.68. The molecule has 0 aliphatic heterocycles. The van der Waals surface area contributed by atoms with E-state index in [1.54, 1.807) is 0 Å². The predicted molar refractivity (Wildman–Crippen MR) is 79.2 cm³/mol. The van der Waals surface area contributed by atoms with Crippen molar-refractivity contribution in [3.63, 3.8) is 0 Å². The molecule has 3 atom stereocenters. The van der Waals surface area contributed by atoms with Crippen LogP contribution in [0.15, 0.2) is 16.5 Å². The molecular formula is C16H28N2O. The molecule has 108 valence electrons. The van der Waals surface area contributed by atoms with Gasteiger partial charge in [0.1, 0.15) is 11.5 Å². The van der Waals surface area contributed by atoms with Gasteiger partial charge in [-0.15, -0.1) is 0 Å². The topological polar surface area (TPSA) is 42.4 Å². The van der Waals surface area contributed by atoms with E-state index in [-0.39, 0.29) is 6.04 Å². The van der Waals surface area contributed by atoms with Gasteiger partial charge in [-0.2, -0.15) is 0 Å². The van der Waals surface area contributed by atoms with Crippen molar-refractivity contribution in [2.24, 2.45) is 11.7 Å². The van der Waals surface area contributed by atoms with Crippen LogP contribution in [0.2, 0.25) is 0 Å². The van der Waals surface area contributed by atoms with Crippen molar-refractivity contribution in [1.82, 2.24) is 4.90 Å². The molecule has 1 fully saturated rings. The van der Waals surface area contributed by atoms with E-state index >= 15 is 0 Å². The number of rotatable bonds is 7. The maximum absolute atomic E-state index is 6.07. The first-order valence-electron chi connectivity index (χ1n) is 7.63. The van der Waals surface area contributed by atoms with Gasteiger partial charge in [-0.05, 0) is 44.4 Å². The molecule has 3 unspecified atom stereocenters. The minimum atomic E-state index is 0.202. The summed E-state index contributed by atoms with van der Waals surface area (Å²) in [5, 5.41) is 0. The van der Waals surface area contributed by atoms with Crippen molar-refractivity contribution in [1.29, 1.82) is 0 Å². The molecule has 0 bridgehead atoms. The van der Waals surface area contributed by atoms with Crippen molar-refractivity contribution in [2.75, 3.05) is 13.6 Å². The van der Waals surface area contributed by atoms with E-state index in [9.17, 15) is 0 Å². The zero-order chi connectivity index (χ0) is 14.0. The van der Waals surface area contributed by atoms with Crippen molar-refractivity contribution < 1.29 is 4.42 Å². The number of nitrogens with two attached hydrogens (primary N) is 1. The summed E-state index contributed by atoms with van der Waals surface area (Å²) >= 11 is 0. The molecule has 3 nitrogen and oxygen atoms in total. The molecule has 0 saturated heterocycles. The van der Waals surface area contributed by atoms with Crippen LogP contribution in [0, 0.1) is 5.92 Å². The Morgan fingerprint density at radius 1 is 1.37 bits per heavy atom. The Hall–Kier alpha value is -0.800. The van der Waals surface area contributed by atoms with Gasteiger partial charge in [0.15, 0.2) is 0 Å². The van der Waals surface area contributed by atoms with Gasteiger partial charge in [-0.3, -0.25) is 4.90 Å². The molecule has 0 amide bonds. The van der Waals surface area contributed by atoms with E-state index in [4.69, 9.17) is 10.2 Å². The fourth-order valence-electron chi connectivity index (χ4n) is 3.07. The minimum Gasteiger partial charge on any atom is -0.464 e. The Labute approximate surface area is 117 Å². The van der Waals surface area contributed by atoms with E-state index in [0.717, 1.165) is 30.3 Å². The lowest BCUT2D eigenvalue weighted by Gasteiger charge is -2.32. The highest BCUT2D eigenvalue weighted by Gasteiger charge is 2.37. The van der Waals surface area contributed by atoms with E-state index in [2.05, 4.69) is 44.9 Å². The third kappa shape index (κ3) is 3.03. The number of hydrogen-bond acceptors (Lipinski definition) is 3. The average Bonchev–Trinajstić information content (AvgIpc) is 2.94. The zero-order valence-corrected chi connectivity index (χ0v) is 12.7. The SMILES string of the molecule is CCC(CC)N(C)C(CN)c1ccc(C2CC2C)o1. The lowest BCUT2D eigenvalue weighted by molar-refractivity contribution is 0.148. The molecule has 1 aromatic heterocycles. The predicted octanol–water partition coefficient (Wildman–Crippen LogP) is 3.52. The van der Waals surface area contributed by atoms with Crippen LogP contribution in [0.25, 0.3) is 0 Å². The maximum atomic E-state index is 6.07. The van der Waals surface area contributed by atoms with Crippen molar-refractivity contribution >= 4 is 0 Å². The van der Waals surface area contributed by atoms with E-state index < -0.39 is 0 Å². The summed E-state index contributed by atoms with van der Waals surface area (Å²) in [6, 6.07) is 5.04. The van der Waals surface area contributed by atoms with Crippen LogP contribution in [-0.4, -0.2) is 24.5 Å². The van der Waals surface area contributed by atoms with Crippen LogP contribution >= 0.6 is 0 Å². The van der Waals surface area contributed by atoms with Crippen LogP contribution in [0.4, 0.5) is 0 Å². The zero-order valence-electron chi connectivity index (χ0n) is 12.7. The van der Waals surface area contributed by atoms with Crippen LogP contribution in [-0.2, 0) is 0 Å². The first kappa shape index (κ1) is 14.6.